The molecule has 1 aliphatic heterocycles. The van der Waals surface area contributed by atoms with Crippen molar-refractivity contribution in [2.45, 2.75) is 12.7 Å². The Hall–Kier alpha value is -3.24. The standard InChI is InChI=1S/C15H12F3N3O5/c16-15(17,18)6-20-12(22)9-4-19-14(24)21(13(9)23)5-8-1-2-10-11(3-8)26-7-25-10/h1-4H,5-7H2,(H,19,24)(H,20,22). The number of hydrogen-bond acceptors (Lipinski definition) is 5. The molecule has 0 unspecified atom stereocenters. The van der Waals surface area contributed by atoms with Gasteiger partial charge in [-0.15, -0.1) is 0 Å². The zero-order valence-corrected chi connectivity index (χ0v) is 13.1. The Morgan fingerprint density at radius 1 is 1.23 bits per heavy atom. The molecule has 8 nitrogen and oxygen atoms in total. The quantitative estimate of drug-likeness (QED) is 0.820. The van der Waals surface area contributed by atoms with Gasteiger partial charge in [0.25, 0.3) is 11.5 Å². The van der Waals surface area contributed by atoms with Crippen LogP contribution in [0.15, 0.2) is 34.0 Å². The topological polar surface area (TPSA) is 102 Å². The number of nitrogens with one attached hydrogen (secondary N) is 2. The second-order valence-corrected chi connectivity index (χ2v) is 5.38. The summed E-state index contributed by atoms with van der Waals surface area (Å²) in [4.78, 5) is 38.2. The third kappa shape index (κ3) is 3.71. The van der Waals surface area contributed by atoms with E-state index in [4.69, 9.17) is 9.47 Å². The normalized spacial score (nSPS) is 12.9. The Bertz CT molecular complexity index is 964. The van der Waals surface area contributed by atoms with Gasteiger partial charge in [-0.05, 0) is 17.7 Å². The maximum absolute atomic E-state index is 12.3. The number of amides is 1. The summed E-state index contributed by atoms with van der Waals surface area (Å²) in [6.07, 6.45) is -3.84. The van der Waals surface area contributed by atoms with Gasteiger partial charge >= 0.3 is 11.9 Å². The first-order chi connectivity index (χ1) is 12.2. The third-order valence-corrected chi connectivity index (χ3v) is 3.53. The number of hydrogen-bond donors (Lipinski definition) is 2. The maximum Gasteiger partial charge on any atom is 0.405 e. The first kappa shape index (κ1) is 17.6. The van der Waals surface area contributed by atoms with Crippen LogP contribution in [0.4, 0.5) is 13.2 Å². The molecule has 2 N–H and O–H groups in total. The Kier molecular flexibility index (Phi) is 4.45. The lowest BCUT2D eigenvalue weighted by Crippen LogP contribution is -2.42. The Labute approximate surface area is 143 Å². The molecule has 1 aromatic heterocycles. The van der Waals surface area contributed by atoms with Crippen LogP contribution in [0, 0.1) is 0 Å². The molecule has 3 rings (SSSR count). The summed E-state index contributed by atoms with van der Waals surface area (Å²) in [6, 6.07) is 4.75. The monoisotopic (exact) mass is 371 g/mol. The van der Waals surface area contributed by atoms with Crippen LogP contribution in [0.25, 0.3) is 0 Å². The van der Waals surface area contributed by atoms with Gasteiger partial charge in [0, 0.05) is 6.20 Å². The van der Waals surface area contributed by atoms with E-state index >= 15 is 0 Å². The lowest BCUT2D eigenvalue weighted by Gasteiger charge is -2.10. The summed E-state index contributed by atoms with van der Waals surface area (Å²) in [5.74, 6) is -0.288. The van der Waals surface area contributed by atoms with Gasteiger partial charge in [0.15, 0.2) is 11.5 Å². The highest BCUT2D eigenvalue weighted by Gasteiger charge is 2.28. The molecule has 1 aromatic carbocycles. The minimum Gasteiger partial charge on any atom is -0.454 e. The van der Waals surface area contributed by atoms with Crippen LogP contribution >= 0.6 is 0 Å². The number of H-pyrrole nitrogens is 1. The van der Waals surface area contributed by atoms with Crippen molar-refractivity contribution in [1.82, 2.24) is 14.9 Å². The van der Waals surface area contributed by atoms with Crippen LogP contribution in [0.5, 0.6) is 11.5 Å². The van der Waals surface area contributed by atoms with E-state index in [0.29, 0.717) is 21.6 Å². The summed E-state index contributed by atoms with van der Waals surface area (Å²) in [5, 5.41) is 1.59. The molecule has 0 aliphatic carbocycles. The summed E-state index contributed by atoms with van der Waals surface area (Å²) in [5.41, 5.74) is -1.91. The molecule has 2 heterocycles. The fourth-order valence-corrected chi connectivity index (χ4v) is 2.32. The van der Waals surface area contributed by atoms with E-state index in [2.05, 4.69) is 4.98 Å². The predicted molar refractivity (Wildman–Crippen MR) is 81.4 cm³/mol. The highest BCUT2D eigenvalue weighted by molar-refractivity contribution is 5.93. The van der Waals surface area contributed by atoms with E-state index in [-0.39, 0.29) is 13.3 Å². The lowest BCUT2D eigenvalue weighted by atomic mass is 10.2. The molecule has 0 radical (unpaired) electrons. The molecular weight excluding hydrogens is 359 g/mol. The zero-order chi connectivity index (χ0) is 18.9. The van der Waals surface area contributed by atoms with Gasteiger partial charge in [-0.3, -0.25) is 14.2 Å². The van der Waals surface area contributed by atoms with Crippen LogP contribution in [0.2, 0.25) is 0 Å². The van der Waals surface area contributed by atoms with E-state index in [1.54, 1.807) is 23.5 Å². The van der Waals surface area contributed by atoms with E-state index in [9.17, 15) is 27.6 Å². The largest absolute Gasteiger partial charge is 0.454 e. The van der Waals surface area contributed by atoms with Gasteiger partial charge in [-0.1, -0.05) is 6.07 Å². The number of nitrogens with zero attached hydrogens (tertiary/aromatic N) is 1. The number of rotatable bonds is 4. The van der Waals surface area contributed by atoms with Crippen LogP contribution < -0.4 is 26.0 Å². The number of ether oxygens (including phenoxy) is 2. The minimum atomic E-state index is -4.62. The van der Waals surface area contributed by atoms with Crippen molar-refractivity contribution >= 4 is 5.91 Å². The number of aromatic nitrogens is 2. The van der Waals surface area contributed by atoms with Crippen molar-refractivity contribution < 1.29 is 27.4 Å². The number of halogens is 3. The molecule has 1 amide bonds. The van der Waals surface area contributed by atoms with Crippen molar-refractivity contribution in [1.29, 1.82) is 0 Å². The molecule has 11 heteroatoms. The minimum absolute atomic E-state index is 0.0498. The molecular formula is C15H12F3N3O5. The SMILES string of the molecule is O=C(NCC(F)(F)F)c1c[nH]c(=O)n(Cc2ccc3c(c2)OCO3)c1=O. The van der Waals surface area contributed by atoms with Crippen molar-refractivity contribution in [2.24, 2.45) is 0 Å². The summed E-state index contributed by atoms with van der Waals surface area (Å²) < 4.78 is 47.6. The summed E-state index contributed by atoms with van der Waals surface area (Å²) in [7, 11) is 0. The van der Waals surface area contributed by atoms with E-state index in [1.807, 2.05) is 0 Å². The summed E-state index contributed by atoms with van der Waals surface area (Å²) in [6.45, 7) is -1.74. The predicted octanol–water partition coefficient (Wildman–Crippen LogP) is 0.606. The number of alkyl halides is 3. The molecule has 0 saturated heterocycles. The van der Waals surface area contributed by atoms with Crippen LogP contribution in [0.3, 0.4) is 0 Å². The molecule has 0 saturated carbocycles. The Morgan fingerprint density at radius 2 is 1.96 bits per heavy atom. The maximum atomic E-state index is 12.3. The van der Waals surface area contributed by atoms with E-state index < -0.39 is 35.4 Å². The van der Waals surface area contributed by atoms with Crippen LogP contribution in [-0.2, 0) is 6.54 Å². The second-order valence-electron chi connectivity index (χ2n) is 5.38. The van der Waals surface area contributed by atoms with E-state index in [1.165, 1.54) is 0 Å². The Morgan fingerprint density at radius 3 is 2.69 bits per heavy atom. The van der Waals surface area contributed by atoms with Crippen molar-refractivity contribution in [3.8, 4) is 11.5 Å². The van der Waals surface area contributed by atoms with Crippen LogP contribution in [-0.4, -0.2) is 35.0 Å². The Balaban J connectivity index is 1.87. The number of aromatic amines is 1. The van der Waals surface area contributed by atoms with Gasteiger partial charge in [0.05, 0.1) is 6.54 Å². The van der Waals surface area contributed by atoms with Gasteiger partial charge in [0.1, 0.15) is 12.1 Å². The molecule has 0 spiro atoms. The third-order valence-electron chi connectivity index (χ3n) is 3.53. The molecule has 1 aliphatic rings. The van der Waals surface area contributed by atoms with Gasteiger partial charge < -0.3 is 19.8 Å². The number of carbonyl (C=O) groups is 1. The molecule has 26 heavy (non-hydrogen) atoms. The van der Waals surface area contributed by atoms with Gasteiger partial charge in [-0.2, -0.15) is 13.2 Å². The second kappa shape index (κ2) is 6.58. The van der Waals surface area contributed by atoms with Crippen molar-refractivity contribution in [3.05, 3.63) is 56.4 Å². The molecule has 138 valence electrons. The van der Waals surface area contributed by atoms with Gasteiger partial charge in [-0.25, -0.2) is 4.79 Å². The molecule has 0 fully saturated rings. The summed E-state index contributed by atoms with van der Waals surface area (Å²) >= 11 is 0. The molecule has 0 bridgehead atoms. The zero-order valence-electron chi connectivity index (χ0n) is 13.1. The van der Waals surface area contributed by atoms with E-state index in [0.717, 1.165) is 6.20 Å². The fraction of sp³-hybridized carbons (Fsp3) is 0.267. The van der Waals surface area contributed by atoms with Gasteiger partial charge in [0.2, 0.25) is 6.79 Å². The fourth-order valence-electron chi connectivity index (χ4n) is 2.32. The molecule has 2 aromatic rings. The smallest absolute Gasteiger partial charge is 0.405 e. The number of fused-ring (bicyclic) bond motifs is 1. The molecule has 0 atom stereocenters. The highest BCUT2D eigenvalue weighted by atomic mass is 19.4. The number of carbonyl (C=O) groups excluding carboxylic acids is 1. The first-order valence-electron chi connectivity index (χ1n) is 7.30. The average molecular weight is 371 g/mol. The first-order valence-corrected chi connectivity index (χ1v) is 7.30. The highest BCUT2D eigenvalue weighted by Crippen LogP contribution is 2.32. The van der Waals surface area contributed by atoms with Crippen LogP contribution in [0.1, 0.15) is 15.9 Å². The van der Waals surface area contributed by atoms with Crippen molar-refractivity contribution in [3.63, 3.8) is 0 Å². The average Bonchev–Trinajstić information content (AvgIpc) is 3.03. The van der Waals surface area contributed by atoms with Crippen molar-refractivity contribution in [2.75, 3.05) is 13.3 Å². The number of benzene rings is 1. The lowest BCUT2D eigenvalue weighted by molar-refractivity contribution is -0.123.